The van der Waals surface area contributed by atoms with Gasteiger partial charge in [-0.05, 0) is 31.4 Å². The molecule has 5 heteroatoms. The quantitative estimate of drug-likeness (QED) is 0.872. The molecule has 1 radical (unpaired) electrons. The highest BCUT2D eigenvalue weighted by Gasteiger charge is 2.17. The minimum absolute atomic E-state index is 0.0649. The molecule has 1 aliphatic rings. The molecule has 1 fully saturated rings. The average molecular weight is 280 g/mol. The van der Waals surface area contributed by atoms with E-state index in [-0.39, 0.29) is 6.23 Å². The second kappa shape index (κ2) is 5.46. The van der Waals surface area contributed by atoms with Crippen molar-refractivity contribution in [3.05, 3.63) is 33.7 Å². The van der Waals surface area contributed by atoms with Crippen LogP contribution in [0.1, 0.15) is 19.3 Å². The van der Waals surface area contributed by atoms with Crippen LogP contribution in [0.15, 0.2) is 12.1 Å². The number of halogens is 3. The molecular formula is C11H11Cl3NO. The molecule has 2 rings (SSSR count). The lowest BCUT2D eigenvalue weighted by Crippen LogP contribution is -2.35. The number of piperidine rings is 1. The Bertz CT molecular complexity index is 354. The van der Waals surface area contributed by atoms with Gasteiger partial charge in [0.15, 0.2) is 12.0 Å². The van der Waals surface area contributed by atoms with E-state index < -0.39 is 0 Å². The predicted octanol–water partition coefficient (Wildman–Crippen LogP) is 4.29. The summed E-state index contributed by atoms with van der Waals surface area (Å²) in [5, 5.41) is 4.51. The van der Waals surface area contributed by atoms with Crippen LogP contribution in [-0.2, 0) is 0 Å². The number of ether oxygens (including phenoxy) is 1. The third-order valence-electron chi connectivity index (χ3n) is 2.34. The third-order valence-corrected chi connectivity index (χ3v) is 3.12. The topological polar surface area (TPSA) is 21.3 Å². The second-order valence-corrected chi connectivity index (χ2v) is 4.86. The first kappa shape index (κ1) is 12.3. The summed E-state index contributed by atoms with van der Waals surface area (Å²) in [6.07, 6.45) is 3.03. The fourth-order valence-electron chi connectivity index (χ4n) is 1.58. The van der Waals surface area contributed by atoms with E-state index >= 15 is 0 Å². The Hall–Kier alpha value is -0.150. The van der Waals surface area contributed by atoms with Crippen LogP contribution in [0, 0.1) is 6.54 Å². The first-order valence-electron chi connectivity index (χ1n) is 5.06. The Morgan fingerprint density at radius 2 is 1.88 bits per heavy atom. The summed E-state index contributed by atoms with van der Waals surface area (Å²) >= 11 is 17.9. The molecule has 87 valence electrons. The molecule has 1 aromatic rings. The lowest BCUT2D eigenvalue weighted by molar-refractivity contribution is 0.146. The summed E-state index contributed by atoms with van der Waals surface area (Å²) in [5.74, 6) is 0.487. The molecule has 0 saturated carbocycles. The molecule has 1 saturated heterocycles. The van der Waals surface area contributed by atoms with Crippen molar-refractivity contribution in [1.82, 2.24) is 5.32 Å². The third kappa shape index (κ3) is 2.95. The minimum atomic E-state index is -0.0649. The van der Waals surface area contributed by atoms with Crippen molar-refractivity contribution in [3.8, 4) is 5.75 Å². The van der Waals surface area contributed by atoms with Crippen molar-refractivity contribution in [3.63, 3.8) is 0 Å². The average Bonchev–Trinajstić information content (AvgIpc) is 2.25. The molecule has 0 amide bonds. The van der Waals surface area contributed by atoms with Crippen LogP contribution >= 0.6 is 34.8 Å². The molecule has 0 spiro atoms. The van der Waals surface area contributed by atoms with Crippen molar-refractivity contribution in [2.45, 2.75) is 25.5 Å². The Morgan fingerprint density at radius 3 is 2.44 bits per heavy atom. The highest BCUT2D eigenvalue weighted by atomic mass is 35.5. The van der Waals surface area contributed by atoms with Gasteiger partial charge in [-0.25, -0.2) is 0 Å². The molecule has 0 bridgehead atoms. The number of hydrogen-bond donors (Lipinski definition) is 1. The summed E-state index contributed by atoms with van der Waals surface area (Å²) in [6, 6.07) is 3.24. The van der Waals surface area contributed by atoms with Gasteiger partial charge in [-0.1, -0.05) is 34.8 Å². The zero-order valence-electron chi connectivity index (χ0n) is 8.47. The standard InChI is InChI=1S/C11H11Cl3NO/c12-7-5-8(13)11(9(14)6-7)16-10-3-1-2-4-15-10/h4-6,10,15H,1-3H2. The lowest BCUT2D eigenvalue weighted by atomic mass is 10.1. The zero-order chi connectivity index (χ0) is 11.5. The normalized spacial score (nSPS) is 20.8. The van der Waals surface area contributed by atoms with Gasteiger partial charge < -0.3 is 4.74 Å². The molecular weight excluding hydrogens is 268 g/mol. The van der Waals surface area contributed by atoms with Crippen molar-refractivity contribution >= 4 is 34.8 Å². The molecule has 0 aromatic heterocycles. The maximum Gasteiger partial charge on any atom is 0.158 e. The molecule has 0 aliphatic carbocycles. The molecule has 2 nitrogen and oxygen atoms in total. The van der Waals surface area contributed by atoms with Gasteiger partial charge in [-0.3, -0.25) is 5.32 Å². The Morgan fingerprint density at radius 1 is 1.19 bits per heavy atom. The van der Waals surface area contributed by atoms with E-state index in [1.54, 1.807) is 12.1 Å². The number of rotatable bonds is 2. The summed E-state index contributed by atoms with van der Waals surface area (Å²) in [6.45, 7) is 1.99. The minimum Gasteiger partial charge on any atom is -0.472 e. The molecule has 1 heterocycles. The Labute approximate surface area is 110 Å². The summed E-state index contributed by atoms with van der Waals surface area (Å²) in [4.78, 5) is 0. The SMILES string of the molecule is Clc1cc(Cl)c(OC2CCC[CH]N2)c(Cl)c1. The molecule has 1 N–H and O–H groups in total. The van der Waals surface area contributed by atoms with Crippen LogP contribution in [0.4, 0.5) is 0 Å². The van der Waals surface area contributed by atoms with Crippen LogP contribution < -0.4 is 10.1 Å². The highest BCUT2D eigenvalue weighted by Crippen LogP contribution is 2.36. The van der Waals surface area contributed by atoms with E-state index in [4.69, 9.17) is 39.5 Å². The van der Waals surface area contributed by atoms with Crippen LogP contribution in [0.5, 0.6) is 5.75 Å². The van der Waals surface area contributed by atoms with Crippen LogP contribution in [0.25, 0.3) is 0 Å². The van der Waals surface area contributed by atoms with Gasteiger partial charge in [0, 0.05) is 11.6 Å². The van der Waals surface area contributed by atoms with Crippen molar-refractivity contribution < 1.29 is 4.74 Å². The second-order valence-electron chi connectivity index (χ2n) is 3.61. The van der Waals surface area contributed by atoms with Crippen LogP contribution in [0.2, 0.25) is 15.1 Å². The molecule has 1 atom stereocenters. The fourth-order valence-corrected chi connectivity index (χ4v) is 2.49. The fraction of sp³-hybridized carbons (Fsp3) is 0.364. The molecule has 16 heavy (non-hydrogen) atoms. The number of benzene rings is 1. The van der Waals surface area contributed by atoms with Gasteiger partial charge >= 0.3 is 0 Å². The first-order chi connectivity index (χ1) is 7.66. The molecule has 1 aliphatic heterocycles. The Balaban J connectivity index is 2.14. The smallest absolute Gasteiger partial charge is 0.158 e. The summed E-state index contributed by atoms with van der Waals surface area (Å²) in [5.41, 5.74) is 0. The van der Waals surface area contributed by atoms with Crippen molar-refractivity contribution in [2.75, 3.05) is 0 Å². The van der Waals surface area contributed by atoms with Gasteiger partial charge in [0.1, 0.15) is 0 Å². The highest BCUT2D eigenvalue weighted by molar-refractivity contribution is 6.40. The number of nitrogens with one attached hydrogen (secondary N) is 1. The van der Waals surface area contributed by atoms with E-state index in [9.17, 15) is 0 Å². The van der Waals surface area contributed by atoms with Gasteiger partial charge in [0.25, 0.3) is 0 Å². The van der Waals surface area contributed by atoms with E-state index in [1.807, 2.05) is 6.54 Å². The van der Waals surface area contributed by atoms with Gasteiger partial charge in [-0.15, -0.1) is 0 Å². The van der Waals surface area contributed by atoms with Crippen LogP contribution in [-0.4, -0.2) is 6.23 Å². The Kier molecular flexibility index (Phi) is 4.20. The largest absolute Gasteiger partial charge is 0.472 e. The predicted molar refractivity (Wildman–Crippen MR) is 67.2 cm³/mol. The summed E-state index contributed by atoms with van der Waals surface area (Å²) < 4.78 is 5.71. The van der Waals surface area contributed by atoms with Gasteiger partial charge in [0.05, 0.1) is 10.0 Å². The van der Waals surface area contributed by atoms with E-state index in [0.717, 1.165) is 19.3 Å². The van der Waals surface area contributed by atoms with E-state index in [1.165, 1.54) is 0 Å². The van der Waals surface area contributed by atoms with Gasteiger partial charge in [0.2, 0.25) is 0 Å². The van der Waals surface area contributed by atoms with E-state index in [0.29, 0.717) is 20.8 Å². The molecule has 1 unspecified atom stereocenters. The first-order valence-corrected chi connectivity index (χ1v) is 6.19. The lowest BCUT2D eigenvalue weighted by Gasteiger charge is -2.25. The van der Waals surface area contributed by atoms with E-state index in [2.05, 4.69) is 5.32 Å². The summed E-state index contributed by atoms with van der Waals surface area (Å²) in [7, 11) is 0. The maximum absolute atomic E-state index is 6.02. The monoisotopic (exact) mass is 278 g/mol. The number of hydrogen-bond acceptors (Lipinski definition) is 2. The molecule has 1 aromatic carbocycles. The van der Waals surface area contributed by atoms with Crippen molar-refractivity contribution in [1.29, 1.82) is 0 Å². The van der Waals surface area contributed by atoms with Crippen LogP contribution in [0.3, 0.4) is 0 Å². The van der Waals surface area contributed by atoms with Gasteiger partial charge in [-0.2, -0.15) is 0 Å². The zero-order valence-corrected chi connectivity index (χ0v) is 10.7. The maximum atomic E-state index is 6.02. The van der Waals surface area contributed by atoms with Crippen molar-refractivity contribution in [2.24, 2.45) is 0 Å².